The lowest BCUT2D eigenvalue weighted by Gasteiger charge is -2.11. The largest absolute Gasteiger partial charge is 0.350 e. The summed E-state index contributed by atoms with van der Waals surface area (Å²) < 4.78 is 0. The first-order valence-electron chi connectivity index (χ1n) is 5.50. The average molecular weight is 253 g/mol. The minimum atomic E-state index is -0.508. The molecule has 17 heavy (non-hydrogen) atoms. The van der Waals surface area contributed by atoms with E-state index in [1.165, 1.54) is 5.56 Å². The summed E-state index contributed by atoms with van der Waals surface area (Å²) in [7, 11) is 0. The first-order valence-corrected chi connectivity index (χ1v) is 5.88. The molecular weight excluding hydrogens is 236 g/mol. The van der Waals surface area contributed by atoms with Crippen molar-refractivity contribution >= 4 is 17.5 Å². The third kappa shape index (κ3) is 5.52. The fourth-order valence-corrected chi connectivity index (χ4v) is 1.48. The van der Waals surface area contributed by atoms with Crippen LogP contribution < -0.4 is 11.1 Å². The average Bonchev–Trinajstić information content (AvgIpc) is 2.34. The summed E-state index contributed by atoms with van der Waals surface area (Å²) in [5.41, 5.74) is 6.94. The van der Waals surface area contributed by atoms with E-state index in [0.29, 0.717) is 11.5 Å². The molecule has 3 N–H and O–H groups in total. The Kier molecular flexibility index (Phi) is 5.73. The van der Waals surface area contributed by atoms with Gasteiger partial charge in [0.25, 0.3) is 0 Å². The number of hydrogen-bond donors (Lipinski definition) is 2. The van der Waals surface area contributed by atoms with E-state index in [4.69, 9.17) is 17.3 Å². The van der Waals surface area contributed by atoms with Crippen LogP contribution in [-0.4, -0.2) is 18.5 Å². The highest BCUT2D eigenvalue weighted by atomic mass is 35.5. The summed E-state index contributed by atoms with van der Waals surface area (Å²) in [6, 6.07) is 9.43. The van der Waals surface area contributed by atoms with Crippen LogP contribution in [0.3, 0.4) is 0 Å². The van der Waals surface area contributed by atoms with Gasteiger partial charge in [-0.15, -0.1) is 0 Å². The van der Waals surface area contributed by atoms with Crippen molar-refractivity contribution in [2.45, 2.75) is 18.9 Å². The zero-order chi connectivity index (χ0) is 12.7. The number of hydrogen-bond acceptors (Lipinski definition) is 2. The molecule has 0 saturated heterocycles. The molecule has 0 aliphatic carbocycles. The maximum atomic E-state index is 11.5. The molecule has 1 atom stereocenters. The van der Waals surface area contributed by atoms with E-state index in [-0.39, 0.29) is 12.5 Å². The highest BCUT2D eigenvalue weighted by molar-refractivity contribution is 6.29. The second-order valence-corrected chi connectivity index (χ2v) is 4.40. The van der Waals surface area contributed by atoms with E-state index in [1.807, 2.05) is 30.3 Å². The number of carbonyl (C=O) groups excluding carboxylic acids is 1. The number of amides is 1. The summed E-state index contributed by atoms with van der Waals surface area (Å²) in [5, 5.41) is 3.02. The molecule has 3 nitrogen and oxygen atoms in total. The highest BCUT2D eigenvalue weighted by Crippen LogP contribution is 2.04. The molecule has 0 aliphatic heterocycles. The zero-order valence-electron chi connectivity index (χ0n) is 9.66. The van der Waals surface area contributed by atoms with Crippen molar-refractivity contribution in [1.82, 2.24) is 5.32 Å². The minimum Gasteiger partial charge on any atom is -0.350 e. The Balaban J connectivity index is 2.31. The molecule has 92 valence electrons. The van der Waals surface area contributed by atoms with Crippen LogP contribution in [0.4, 0.5) is 0 Å². The molecule has 0 aromatic heterocycles. The van der Waals surface area contributed by atoms with Gasteiger partial charge in [0.05, 0.1) is 12.6 Å². The van der Waals surface area contributed by atoms with Gasteiger partial charge < -0.3 is 11.1 Å². The minimum absolute atomic E-state index is 0.192. The summed E-state index contributed by atoms with van der Waals surface area (Å²) in [6.07, 6.45) is 1.40. The maximum Gasteiger partial charge on any atom is 0.237 e. The first-order chi connectivity index (χ1) is 8.09. The lowest BCUT2D eigenvalue weighted by atomic mass is 10.1. The zero-order valence-corrected chi connectivity index (χ0v) is 10.4. The number of carbonyl (C=O) groups is 1. The molecule has 1 aromatic rings. The maximum absolute atomic E-state index is 11.5. The van der Waals surface area contributed by atoms with E-state index in [2.05, 4.69) is 11.9 Å². The molecule has 0 heterocycles. The third-order valence-corrected chi connectivity index (χ3v) is 2.51. The monoisotopic (exact) mass is 252 g/mol. The molecule has 1 rings (SSSR count). The van der Waals surface area contributed by atoms with Crippen molar-refractivity contribution in [2.75, 3.05) is 6.54 Å². The molecule has 0 spiro atoms. The number of halogens is 1. The Morgan fingerprint density at radius 1 is 1.41 bits per heavy atom. The molecular formula is C13H17ClN2O. The van der Waals surface area contributed by atoms with Gasteiger partial charge in [0.2, 0.25) is 5.91 Å². The molecule has 0 bridgehead atoms. The number of nitrogens with two attached hydrogens (primary N) is 1. The van der Waals surface area contributed by atoms with Crippen LogP contribution in [0.25, 0.3) is 0 Å². The normalized spacial score (nSPS) is 11.9. The van der Waals surface area contributed by atoms with Crippen molar-refractivity contribution in [3.8, 4) is 0 Å². The number of rotatable bonds is 6. The predicted molar refractivity (Wildman–Crippen MR) is 70.7 cm³/mol. The van der Waals surface area contributed by atoms with Crippen molar-refractivity contribution in [3.05, 3.63) is 47.5 Å². The van der Waals surface area contributed by atoms with Gasteiger partial charge in [0.15, 0.2) is 0 Å². The van der Waals surface area contributed by atoms with Crippen molar-refractivity contribution in [2.24, 2.45) is 5.73 Å². The van der Waals surface area contributed by atoms with Crippen LogP contribution >= 0.6 is 11.6 Å². The van der Waals surface area contributed by atoms with Gasteiger partial charge in [-0.25, -0.2) is 0 Å². The van der Waals surface area contributed by atoms with Gasteiger partial charge in [-0.05, 0) is 18.4 Å². The summed E-state index contributed by atoms with van der Waals surface area (Å²) in [4.78, 5) is 11.5. The van der Waals surface area contributed by atoms with Crippen LogP contribution in [0.5, 0.6) is 0 Å². The van der Waals surface area contributed by atoms with Gasteiger partial charge in [-0.2, -0.15) is 0 Å². The number of benzene rings is 1. The fourth-order valence-electron chi connectivity index (χ4n) is 1.41. The molecule has 0 saturated carbocycles. The van der Waals surface area contributed by atoms with E-state index in [9.17, 15) is 4.79 Å². The molecule has 0 aliphatic rings. The Bertz CT molecular complexity index is 378. The van der Waals surface area contributed by atoms with Crippen LogP contribution in [0.15, 0.2) is 41.9 Å². The molecule has 1 aromatic carbocycles. The van der Waals surface area contributed by atoms with Gasteiger partial charge in [-0.1, -0.05) is 48.5 Å². The van der Waals surface area contributed by atoms with Crippen LogP contribution in [-0.2, 0) is 11.2 Å². The predicted octanol–water partition coefficient (Wildman–Crippen LogP) is 1.82. The second kappa shape index (κ2) is 7.09. The Morgan fingerprint density at radius 2 is 2.06 bits per heavy atom. The smallest absolute Gasteiger partial charge is 0.237 e. The summed E-state index contributed by atoms with van der Waals surface area (Å²) >= 11 is 5.55. The molecule has 4 heteroatoms. The summed E-state index contributed by atoms with van der Waals surface area (Å²) in [5.74, 6) is -0.192. The third-order valence-electron chi connectivity index (χ3n) is 2.38. The molecule has 0 fully saturated rings. The first kappa shape index (κ1) is 13.7. The van der Waals surface area contributed by atoms with Gasteiger partial charge in [0.1, 0.15) is 0 Å². The van der Waals surface area contributed by atoms with Gasteiger partial charge in [0, 0.05) is 5.03 Å². The number of nitrogens with one attached hydrogen (secondary N) is 1. The van der Waals surface area contributed by atoms with Crippen LogP contribution in [0, 0.1) is 0 Å². The van der Waals surface area contributed by atoms with Crippen LogP contribution in [0.1, 0.15) is 12.0 Å². The second-order valence-electron chi connectivity index (χ2n) is 3.87. The quantitative estimate of drug-likeness (QED) is 0.811. The van der Waals surface area contributed by atoms with Crippen molar-refractivity contribution < 1.29 is 4.79 Å². The van der Waals surface area contributed by atoms with E-state index in [0.717, 1.165) is 6.42 Å². The Morgan fingerprint density at radius 3 is 2.65 bits per heavy atom. The van der Waals surface area contributed by atoms with Crippen molar-refractivity contribution in [1.29, 1.82) is 0 Å². The Labute approximate surface area is 107 Å². The van der Waals surface area contributed by atoms with Gasteiger partial charge in [-0.3, -0.25) is 4.79 Å². The fraction of sp³-hybridized carbons (Fsp3) is 0.308. The molecule has 1 amide bonds. The lowest BCUT2D eigenvalue weighted by molar-refractivity contribution is -0.122. The standard InChI is InChI=1S/C13H17ClN2O/c1-10(14)9-16-13(17)12(15)8-7-11-5-3-2-4-6-11/h2-6,12H,1,7-9,15H2,(H,16,17)/t12-/m0/s1. The lowest BCUT2D eigenvalue weighted by Crippen LogP contribution is -2.41. The highest BCUT2D eigenvalue weighted by Gasteiger charge is 2.12. The van der Waals surface area contributed by atoms with Gasteiger partial charge >= 0.3 is 0 Å². The Hall–Kier alpha value is -1.32. The summed E-state index contributed by atoms with van der Waals surface area (Å²) in [6.45, 7) is 3.75. The van der Waals surface area contributed by atoms with Crippen molar-refractivity contribution in [3.63, 3.8) is 0 Å². The number of aryl methyl sites for hydroxylation is 1. The van der Waals surface area contributed by atoms with Crippen LogP contribution in [0.2, 0.25) is 0 Å². The van der Waals surface area contributed by atoms with E-state index >= 15 is 0 Å². The van der Waals surface area contributed by atoms with E-state index < -0.39 is 6.04 Å². The van der Waals surface area contributed by atoms with E-state index in [1.54, 1.807) is 0 Å². The molecule has 0 unspecified atom stereocenters. The molecule has 0 radical (unpaired) electrons. The SMILES string of the molecule is C=C(Cl)CNC(=O)[C@@H](N)CCc1ccccc1. The topological polar surface area (TPSA) is 55.1 Å².